The van der Waals surface area contributed by atoms with Crippen LogP contribution in [-0.4, -0.2) is 64.1 Å². The maximum absolute atomic E-state index is 11.8. The summed E-state index contributed by atoms with van der Waals surface area (Å²) in [5.41, 5.74) is 1.22. The van der Waals surface area contributed by atoms with Gasteiger partial charge in [0.15, 0.2) is 5.96 Å². The van der Waals surface area contributed by atoms with Gasteiger partial charge in [-0.1, -0.05) is 32.0 Å². The molecule has 6 heteroatoms. The lowest BCUT2D eigenvalue weighted by Gasteiger charge is -2.20. The fourth-order valence-corrected chi connectivity index (χ4v) is 2.28. The van der Waals surface area contributed by atoms with Crippen molar-refractivity contribution >= 4 is 17.6 Å². The standard InChI is InChI=1S/C20H35N5O/c1-17(2)12-14-22-20(23-16-19(26)24(3)4)21-13-9-15-25(5)18-10-7-6-8-11-18/h6-8,10-11,17H,9,12-16H2,1-5H3,(H2,21,22,23). The number of para-hydroxylation sites is 1. The molecule has 0 bridgehead atoms. The van der Waals surface area contributed by atoms with Crippen LogP contribution in [0.1, 0.15) is 26.7 Å². The van der Waals surface area contributed by atoms with Crippen molar-refractivity contribution in [2.24, 2.45) is 10.9 Å². The third kappa shape index (κ3) is 9.30. The van der Waals surface area contributed by atoms with Crippen molar-refractivity contribution in [2.75, 3.05) is 52.2 Å². The Morgan fingerprint density at radius 1 is 1.08 bits per heavy atom. The molecule has 0 aromatic heterocycles. The molecule has 0 aliphatic carbocycles. The van der Waals surface area contributed by atoms with Gasteiger partial charge in [-0.15, -0.1) is 0 Å². The average molecular weight is 362 g/mol. The predicted molar refractivity (Wildman–Crippen MR) is 111 cm³/mol. The Kier molecular flexibility index (Phi) is 10.2. The van der Waals surface area contributed by atoms with Crippen LogP contribution >= 0.6 is 0 Å². The molecule has 0 atom stereocenters. The van der Waals surface area contributed by atoms with Crippen LogP contribution < -0.4 is 15.5 Å². The van der Waals surface area contributed by atoms with Gasteiger partial charge >= 0.3 is 0 Å². The highest BCUT2D eigenvalue weighted by Gasteiger charge is 2.05. The zero-order valence-electron chi connectivity index (χ0n) is 17.0. The molecule has 0 saturated heterocycles. The summed E-state index contributed by atoms with van der Waals surface area (Å²) in [5.74, 6) is 1.34. The summed E-state index contributed by atoms with van der Waals surface area (Å²) in [6, 6.07) is 10.4. The molecule has 146 valence electrons. The van der Waals surface area contributed by atoms with Crippen molar-refractivity contribution in [2.45, 2.75) is 26.7 Å². The number of nitrogens with one attached hydrogen (secondary N) is 2. The van der Waals surface area contributed by atoms with E-state index in [1.807, 2.05) is 6.07 Å². The monoisotopic (exact) mass is 361 g/mol. The summed E-state index contributed by atoms with van der Waals surface area (Å²) in [6.45, 7) is 7.16. The van der Waals surface area contributed by atoms with Gasteiger partial charge in [-0.2, -0.15) is 0 Å². The highest BCUT2D eigenvalue weighted by molar-refractivity contribution is 5.84. The Bertz CT molecular complexity index is 542. The van der Waals surface area contributed by atoms with Gasteiger partial charge in [-0.25, -0.2) is 4.99 Å². The van der Waals surface area contributed by atoms with E-state index >= 15 is 0 Å². The molecular weight excluding hydrogens is 326 g/mol. The van der Waals surface area contributed by atoms with Crippen molar-refractivity contribution in [1.29, 1.82) is 0 Å². The molecule has 0 fully saturated rings. The maximum atomic E-state index is 11.8. The summed E-state index contributed by atoms with van der Waals surface area (Å²) >= 11 is 0. The lowest BCUT2D eigenvalue weighted by molar-refractivity contribution is -0.127. The third-order valence-electron chi connectivity index (χ3n) is 4.05. The highest BCUT2D eigenvalue weighted by atomic mass is 16.2. The lowest BCUT2D eigenvalue weighted by atomic mass is 10.1. The van der Waals surface area contributed by atoms with E-state index in [0.29, 0.717) is 11.9 Å². The van der Waals surface area contributed by atoms with E-state index in [-0.39, 0.29) is 12.5 Å². The van der Waals surface area contributed by atoms with Crippen molar-refractivity contribution in [3.05, 3.63) is 30.3 Å². The van der Waals surface area contributed by atoms with Gasteiger partial charge < -0.3 is 20.4 Å². The van der Waals surface area contributed by atoms with Gasteiger partial charge in [-0.05, 0) is 30.9 Å². The Hall–Kier alpha value is -2.24. The smallest absolute Gasteiger partial charge is 0.243 e. The number of aliphatic imine (C=N–C) groups is 1. The van der Waals surface area contributed by atoms with Gasteiger partial charge in [0.25, 0.3) is 0 Å². The zero-order valence-corrected chi connectivity index (χ0v) is 17.0. The summed E-state index contributed by atoms with van der Waals surface area (Å²) in [4.78, 5) is 20.0. The zero-order chi connectivity index (χ0) is 19.4. The minimum absolute atomic E-state index is 0.00114. The van der Waals surface area contributed by atoms with Crippen LogP contribution in [0, 0.1) is 5.92 Å². The molecule has 0 radical (unpaired) electrons. The molecule has 6 nitrogen and oxygen atoms in total. The number of carbonyl (C=O) groups excluding carboxylic acids is 1. The second-order valence-electron chi connectivity index (χ2n) is 7.10. The number of guanidine groups is 1. The van der Waals surface area contributed by atoms with Crippen LogP contribution in [0.15, 0.2) is 35.3 Å². The number of anilines is 1. The van der Waals surface area contributed by atoms with Crippen molar-refractivity contribution in [3.63, 3.8) is 0 Å². The second-order valence-corrected chi connectivity index (χ2v) is 7.10. The summed E-state index contributed by atoms with van der Waals surface area (Å²) < 4.78 is 0. The molecule has 0 aliphatic rings. The molecule has 2 N–H and O–H groups in total. The van der Waals surface area contributed by atoms with Crippen molar-refractivity contribution in [1.82, 2.24) is 15.5 Å². The Morgan fingerprint density at radius 3 is 2.35 bits per heavy atom. The number of benzene rings is 1. The number of nitrogens with zero attached hydrogens (tertiary/aromatic N) is 3. The van der Waals surface area contributed by atoms with Crippen LogP contribution in [0.3, 0.4) is 0 Å². The summed E-state index contributed by atoms with van der Waals surface area (Å²) in [7, 11) is 5.59. The Labute approximate surface area is 158 Å². The first-order valence-electron chi connectivity index (χ1n) is 9.38. The molecule has 0 heterocycles. The quantitative estimate of drug-likeness (QED) is 0.381. The van der Waals surface area contributed by atoms with E-state index in [1.165, 1.54) is 5.69 Å². The number of likely N-dealkylation sites (N-methyl/N-ethyl adjacent to an activating group) is 1. The van der Waals surface area contributed by atoms with Crippen LogP contribution in [0.4, 0.5) is 5.69 Å². The highest BCUT2D eigenvalue weighted by Crippen LogP contribution is 2.10. The molecule has 26 heavy (non-hydrogen) atoms. The fraction of sp³-hybridized carbons (Fsp3) is 0.600. The first kappa shape index (κ1) is 21.8. The molecule has 0 unspecified atom stereocenters. The average Bonchev–Trinajstić information content (AvgIpc) is 2.62. The van der Waals surface area contributed by atoms with Crippen molar-refractivity contribution in [3.8, 4) is 0 Å². The summed E-state index contributed by atoms with van der Waals surface area (Å²) in [6.07, 6.45) is 2.05. The maximum Gasteiger partial charge on any atom is 0.243 e. The Morgan fingerprint density at radius 2 is 1.73 bits per heavy atom. The van der Waals surface area contributed by atoms with Gasteiger partial charge in [0.1, 0.15) is 6.54 Å². The number of rotatable bonds is 10. The van der Waals surface area contributed by atoms with E-state index in [9.17, 15) is 4.79 Å². The molecule has 0 aliphatic heterocycles. The minimum Gasteiger partial charge on any atom is -0.375 e. The first-order chi connectivity index (χ1) is 12.4. The lowest BCUT2D eigenvalue weighted by Crippen LogP contribution is -2.40. The Balaban J connectivity index is 2.43. The molecule has 1 rings (SSSR count). The molecular formula is C20H35N5O. The van der Waals surface area contributed by atoms with Gasteiger partial charge in [0.2, 0.25) is 5.91 Å². The molecule has 1 aromatic carbocycles. The normalized spacial score (nSPS) is 11.4. The fourth-order valence-electron chi connectivity index (χ4n) is 2.28. The predicted octanol–water partition coefficient (Wildman–Crippen LogP) is 2.18. The largest absolute Gasteiger partial charge is 0.375 e. The molecule has 0 saturated carbocycles. The van der Waals surface area contributed by atoms with Crippen LogP contribution in [0.25, 0.3) is 0 Å². The van der Waals surface area contributed by atoms with Crippen LogP contribution in [0.2, 0.25) is 0 Å². The summed E-state index contributed by atoms with van der Waals surface area (Å²) in [5, 5.41) is 6.66. The number of amides is 1. The van der Waals surface area contributed by atoms with Gasteiger partial charge in [0.05, 0.1) is 0 Å². The third-order valence-corrected chi connectivity index (χ3v) is 4.05. The van der Waals surface area contributed by atoms with Crippen LogP contribution in [0.5, 0.6) is 0 Å². The topological polar surface area (TPSA) is 60.0 Å². The number of hydrogen-bond donors (Lipinski definition) is 2. The van der Waals surface area contributed by atoms with E-state index < -0.39 is 0 Å². The SMILES string of the molecule is CC(C)CCNC(=NCC(=O)N(C)C)NCCCN(C)c1ccccc1. The van der Waals surface area contributed by atoms with E-state index in [4.69, 9.17) is 0 Å². The molecule has 0 spiro atoms. The van der Waals surface area contributed by atoms with Gasteiger partial charge in [-0.3, -0.25) is 4.79 Å². The van der Waals surface area contributed by atoms with E-state index in [1.54, 1.807) is 19.0 Å². The van der Waals surface area contributed by atoms with E-state index in [2.05, 4.69) is 65.7 Å². The van der Waals surface area contributed by atoms with Crippen LogP contribution in [-0.2, 0) is 4.79 Å². The second kappa shape index (κ2) is 12.2. The number of carbonyl (C=O) groups is 1. The number of hydrogen-bond acceptors (Lipinski definition) is 3. The first-order valence-corrected chi connectivity index (χ1v) is 9.38. The van der Waals surface area contributed by atoms with Gasteiger partial charge in [0, 0.05) is 46.5 Å². The minimum atomic E-state index is -0.00114. The van der Waals surface area contributed by atoms with Crippen molar-refractivity contribution < 1.29 is 4.79 Å². The van der Waals surface area contributed by atoms with E-state index in [0.717, 1.165) is 32.5 Å². The molecule has 1 amide bonds. The molecule has 1 aromatic rings.